The van der Waals surface area contributed by atoms with Gasteiger partial charge in [-0.3, -0.25) is 4.79 Å². The Balaban J connectivity index is 0.00000264. The quantitative estimate of drug-likeness (QED) is 0.891. The van der Waals surface area contributed by atoms with Crippen molar-refractivity contribution >= 4 is 18.3 Å². The van der Waals surface area contributed by atoms with Crippen LogP contribution in [0.1, 0.15) is 25.3 Å². The summed E-state index contributed by atoms with van der Waals surface area (Å²) in [6.07, 6.45) is 2.26. The minimum Gasteiger partial charge on any atom is -0.496 e. The summed E-state index contributed by atoms with van der Waals surface area (Å²) < 4.78 is 10.7. The van der Waals surface area contributed by atoms with Crippen LogP contribution in [0.5, 0.6) is 11.5 Å². The molecular formula is C17H27ClN2O3. The molecule has 0 bridgehead atoms. The van der Waals surface area contributed by atoms with Crippen molar-refractivity contribution in [2.24, 2.45) is 11.7 Å². The number of benzene rings is 1. The average Bonchev–Trinajstić information content (AvgIpc) is 2.55. The third-order valence-electron chi connectivity index (χ3n) is 4.49. The van der Waals surface area contributed by atoms with E-state index in [1.54, 1.807) is 14.2 Å². The molecule has 1 heterocycles. The summed E-state index contributed by atoms with van der Waals surface area (Å²) in [5.41, 5.74) is 6.76. The van der Waals surface area contributed by atoms with Crippen LogP contribution < -0.4 is 15.2 Å². The van der Waals surface area contributed by atoms with E-state index >= 15 is 0 Å². The lowest BCUT2D eigenvalue weighted by Crippen LogP contribution is -2.43. The van der Waals surface area contributed by atoms with Gasteiger partial charge in [-0.2, -0.15) is 0 Å². The Bertz CT molecular complexity index is 492. The first-order valence-corrected chi connectivity index (χ1v) is 7.80. The van der Waals surface area contributed by atoms with Crippen LogP contribution >= 0.6 is 12.4 Å². The zero-order valence-electron chi connectivity index (χ0n) is 14.1. The van der Waals surface area contributed by atoms with Gasteiger partial charge in [-0.25, -0.2) is 0 Å². The number of piperidine rings is 1. The smallest absolute Gasteiger partial charge is 0.227 e. The van der Waals surface area contributed by atoms with Crippen molar-refractivity contribution in [1.29, 1.82) is 0 Å². The lowest BCUT2D eigenvalue weighted by atomic mass is 9.90. The summed E-state index contributed by atoms with van der Waals surface area (Å²) in [5, 5.41) is 0. The van der Waals surface area contributed by atoms with E-state index in [4.69, 9.17) is 15.2 Å². The predicted molar refractivity (Wildman–Crippen MR) is 93.5 cm³/mol. The molecule has 1 amide bonds. The molecule has 2 N–H and O–H groups in total. The van der Waals surface area contributed by atoms with Gasteiger partial charge < -0.3 is 20.1 Å². The molecule has 5 nitrogen and oxygen atoms in total. The van der Waals surface area contributed by atoms with Crippen LogP contribution in [0.3, 0.4) is 0 Å². The number of likely N-dealkylation sites (tertiary alicyclic amines) is 1. The third kappa shape index (κ3) is 4.75. The number of rotatable bonds is 5. The van der Waals surface area contributed by atoms with Gasteiger partial charge in [0.1, 0.15) is 11.5 Å². The number of hydrogen-bond donors (Lipinski definition) is 1. The number of ether oxygens (including phenoxy) is 2. The fraction of sp³-hybridized carbons (Fsp3) is 0.588. The molecule has 1 aromatic carbocycles. The summed E-state index contributed by atoms with van der Waals surface area (Å²) in [6.45, 7) is 3.60. The minimum absolute atomic E-state index is 0. The molecule has 1 aromatic rings. The largest absolute Gasteiger partial charge is 0.496 e. The lowest BCUT2D eigenvalue weighted by Gasteiger charge is -2.34. The number of amides is 1. The van der Waals surface area contributed by atoms with E-state index < -0.39 is 0 Å². The lowest BCUT2D eigenvalue weighted by molar-refractivity contribution is -0.132. The van der Waals surface area contributed by atoms with Gasteiger partial charge in [-0.1, -0.05) is 6.07 Å². The Hall–Kier alpha value is -1.46. The van der Waals surface area contributed by atoms with Gasteiger partial charge >= 0.3 is 0 Å². The SMILES string of the molecule is COc1cccc(OC)c1CC(=O)N1CCC(C(C)N)CC1.Cl. The van der Waals surface area contributed by atoms with Gasteiger partial charge in [0.25, 0.3) is 0 Å². The van der Waals surface area contributed by atoms with E-state index in [1.165, 1.54) is 0 Å². The number of carbonyl (C=O) groups excluding carboxylic acids is 1. The first-order valence-electron chi connectivity index (χ1n) is 7.80. The van der Waals surface area contributed by atoms with E-state index in [0.717, 1.165) is 31.5 Å². The second kappa shape index (κ2) is 8.99. The first-order chi connectivity index (χ1) is 10.6. The maximum atomic E-state index is 12.6. The Kier molecular flexibility index (Phi) is 7.65. The zero-order valence-corrected chi connectivity index (χ0v) is 14.9. The number of nitrogens with two attached hydrogens (primary N) is 1. The van der Waals surface area contributed by atoms with Crippen LogP contribution in [-0.4, -0.2) is 44.2 Å². The molecule has 1 atom stereocenters. The van der Waals surface area contributed by atoms with E-state index in [2.05, 4.69) is 0 Å². The topological polar surface area (TPSA) is 64.8 Å². The fourth-order valence-corrected chi connectivity index (χ4v) is 3.04. The number of carbonyl (C=O) groups is 1. The molecule has 6 heteroatoms. The van der Waals surface area contributed by atoms with Crippen molar-refractivity contribution in [3.8, 4) is 11.5 Å². The summed E-state index contributed by atoms with van der Waals surface area (Å²) in [4.78, 5) is 14.5. The van der Waals surface area contributed by atoms with Crippen molar-refractivity contribution < 1.29 is 14.3 Å². The molecule has 1 aliphatic rings. The molecule has 1 fully saturated rings. The monoisotopic (exact) mass is 342 g/mol. The molecule has 1 saturated heterocycles. The standard InChI is InChI=1S/C17H26N2O3.ClH/c1-12(18)13-7-9-19(10-8-13)17(20)11-14-15(21-2)5-4-6-16(14)22-3;/h4-6,12-13H,7-11,18H2,1-3H3;1H. The van der Waals surface area contributed by atoms with Crippen molar-refractivity contribution in [2.45, 2.75) is 32.2 Å². The van der Waals surface area contributed by atoms with Crippen LogP contribution in [0.2, 0.25) is 0 Å². The molecule has 0 saturated carbocycles. The van der Waals surface area contributed by atoms with Gasteiger partial charge in [0.2, 0.25) is 5.91 Å². The molecular weight excluding hydrogens is 316 g/mol. The summed E-state index contributed by atoms with van der Waals surface area (Å²) in [7, 11) is 3.22. The van der Waals surface area contributed by atoms with Crippen LogP contribution in [-0.2, 0) is 11.2 Å². The molecule has 0 radical (unpaired) electrons. The normalized spacial score (nSPS) is 16.4. The first kappa shape index (κ1) is 19.6. The van der Waals surface area contributed by atoms with Crippen molar-refractivity contribution in [3.05, 3.63) is 23.8 Å². The Morgan fingerprint density at radius 3 is 2.22 bits per heavy atom. The van der Waals surface area contributed by atoms with E-state index in [9.17, 15) is 4.79 Å². The molecule has 130 valence electrons. The molecule has 0 spiro atoms. The van der Waals surface area contributed by atoms with Gasteiger partial charge in [0.15, 0.2) is 0 Å². The molecule has 1 aliphatic heterocycles. The van der Waals surface area contributed by atoms with Gasteiger partial charge in [-0.15, -0.1) is 12.4 Å². The number of methoxy groups -OCH3 is 2. The van der Waals surface area contributed by atoms with Crippen LogP contribution in [0, 0.1) is 5.92 Å². The Morgan fingerprint density at radius 1 is 1.26 bits per heavy atom. The van der Waals surface area contributed by atoms with Gasteiger partial charge in [0.05, 0.1) is 20.6 Å². The predicted octanol–water partition coefficient (Wildman–Crippen LogP) is 2.25. The second-order valence-electron chi connectivity index (χ2n) is 5.90. The van der Waals surface area contributed by atoms with Crippen molar-refractivity contribution in [3.63, 3.8) is 0 Å². The average molecular weight is 343 g/mol. The highest BCUT2D eigenvalue weighted by Gasteiger charge is 2.26. The highest BCUT2D eigenvalue weighted by molar-refractivity contribution is 5.85. The van der Waals surface area contributed by atoms with Crippen molar-refractivity contribution in [2.75, 3.05) is 27.3 Å². The van der Waals surface area contributed by atoms with Crippen LogP contribution in [0.15, 0.2) is 18.2 Å². The minimum atomic E-state index is 0. The maximum Gasteiger partial charge on any atom is 0.227 e. The molecule has 2 rings (SSSR count). The van der Waals surface area contributed by atoms with Gasteiger partial charge in [-0.05, 0) is 37.8 Å². The number of nitrogens with zero attached hydrogens (tertiary/aromatic N) is 1. The number of hydrogen-bond acceptors (Lipinski definition) is 4. The van der Waals surface area contributed by atoms with E-state index in [0.29, 0.717) is 23.8 Å². The number of halogens is 1. The summed E-state index contributed by atoms with van der Waals surface area (Å²) in [5.74, 6) is 2.02. The summed E-state index contributed by atoms with van der Waals surface area (Å²) >= 11 is 0. The molecule has 1 unspecified atom stereocenters. The summed E-state index contributed by atoms with van der Waals surface area (Å²) in [6, 6.07) is 5.77. The maximum absolute atomic E-state index is 12.6. The molecule has 0 aromatic heterocycles. The second-order valence-corrected chi connectivity index (χ2v) is 5.90. The Morgan fingerprint density at radius 2 is 1.78 bits per heavy atom. The van der Waals surface area contributed by atoms with Crippen LogP contribution in [0.4, 0.5) is 0 Å². The van der Waals surface area contributed by atoms with Crippen LogP contribution in [0.25, 0.3) is 0 Å². The fourth-order valence-electron chi connectivity index (χ4n) is 3.04. The Labute approximate surface area is 144 Å². The zero-order chi connectivity index (χ0) is 16.1. The van der Waals surface area contributed by atoms with E-state index in [-0.39, 0.29) is 24.4 Å². The van der Waals surface area contributed by atoms with E-state index in [1.807, 2.05) is 30.0 Å². The highest BCUT2D eigenvalue weighted by Crippen LogP contribution is 2.29. The highest BCUT2D eigenvalue weighted by atomic mass is 35.5. The molecule has 0 aliphatic carbocycles. The van der Waals surface area contributed by atoms with Gasteiger partial charge in [0, 0.05) is 24.7 Å². The third-order valence-corrected chi connectivity index (χ3v) is 4.49. The van der Waals surface area contributed by atoms with Crippen molar-refractivity contribution in [1.82, 2.24) is 4.90 Å². The molecule has 23 heavy (non-hydrogen) atoms.